The summed E-state index contributed by atoms with van der Waals surface area (Å²) < 4.78 is 5.79. The maximum absolute atomic E-state index is 12.3. The van der Waals surface area contributed by atoms with Crippen LogP contribution in [-0.2, 0) is 4.79 Å². The molecule has 0 saturated carbocycles. The molecule has 0 aromatic carbocycles. The lowest BCUT2D eigenvalue weighted by atomic mass is 10.1. The Labute approximate surface area is 136 Å². The van der Waals surface area contributed by atoms with Crippen molar-refractivity contribution in [3.63, 3.8) is 0 Å². The zero-order valence-corrected chi connectivity index (χ0v) is 13.9. The molecule has 3 rings (SSSR count). The first-order valence-electron chi connectivity index (χ1n) is 8.38. The van der Waals surface area contributed by atoms with Crippen molar-refractivity contribution >= 4 is 23.2 Å². The zero-order valence-electron chi connectivity index (χ0n) is 13.9. The standard InChI is InChI=1S/C17H24N4O2/c1-13(2)6-7-15(22)20-9-4-10-21(12-11-20)17-19-16-14(23-17)5-3-8-18-16/h3,5,8,13H,4,6-7,9-12H2,1-2H3. The highest BCUT2D eigenvalue weighted by atomic mass is 16.4. The summed E-state index contributed by atoms with van der Waals surface area (Å²) >= 11 is 0. The first-order chi connectivity index (χ1) is 11.1. The predicted octanol–water partition coefficient (Wildman–Crippen LogP) is 2.70. The highest BCUT2D eigenvalue weighted by Gasteiger charge is 2.22. The van der Waals surface area contributed by atoms with Crippen molar-refractivity contribution < 1.29 is 9.21 Å². The Balaban J connectivity index is 1.63. The van der Waals surface area contributed by atoms with E-state index in [0.29, 0.717) is 29.6 Å². The average Bonchev–Trinajstić information content (AvgIpc) is 2.81. The molecule has 1 amide bonds. The normalized spacial score (nSPS) is 16.1. The average molecular weight is 316 g/mol. The summed E-state index contributed by atoms with van der Waals surface area (Å²) in [5.41, 5.74) is 1.34. The number of carbonyl (C=O) groups is 1. The van der Waals surface area contributed by atoms with Crippen LogP contribution in [0, 0.1) is 5.92 Å². The van der Waals surface area contributed by atoms with E-state index in [9.17, 15) is 4.79 Å². The zero-order chi connectivity index (χ0) is 16.2. The third-order valence-electron chi connectivity index (χ3n) is 4.21. The molecule has 0 radical (unpaired) electrons. The molecule has 6 nitrogen and oxygen atoms in total. The third-order valence-corrected chi connectivity index (χ3v) is 4.21. The summed E-state index contributed by atoms with van der Waals surface area (Å²) in [6, 6.07) is 4.32. The molecule has 0 aliphatic carbocycles. The van der Waals surface area contributed by atoms with Crippen LogP contribution >= 0.6 is 0 Å². The molecular weight excluding hydrogens is 292 g/mol. The van der Waals surface area contributed by atoms with Gasteiger partial charge in [-0.25, -0.2) is 4.98 Å². The maximum atomic E-state index is 12.3. The van der Waals surface area contributed by atoms with Gasteiger partial charge in [-0.05, 0) is 30.9 Å². The number of carbonyl (C=O) groups excluding carboxylic acids is 1. The van der Waals surface area contributed by atoms with Crippen LogP contribution in [0.1, 0.15) is 33.1 Å². The third kappa shape index (κ3) is 3.81. The first-order valence-corrected chi connectivity index (χ1v) is 8.38. The van der Waals surface area contributed by atoms with Gasteiger partial charge in [-0.2, -0.15) is 4.98 Å². The molecule has 0 atom stereocenters. The van der Waals surface area contributed by atoms with Gasteiger partial charge in [0.05, 0.1) is 0 Å². The number of rotatable bonds is 4. The Morgan fingerprint density at radius 2 is 2.17 bits per heavy atom. The van der Waals surface area contributed by atoms with Gasteiger partial charge < -0.3 is 14.2 Å². The molecule has 23 heavy (non-hydrogen) atoms. The van der Waals surface area contributed by atoms with Gasteiger partial charge in [-0.3, -0.25) is 4.79 Å². The second-order valence-electron chi connectivity index (χ2n) is 6.48. The Morgan fingerprint density at radius 1 is 1.30 bits per heavy atom. The maximum Gasteiger partial charge on any atom is 0.300 e. The lowest BCUT2D eigenvalue weighted by Crippen LogP contribution is -2.35. The van der Waals surface area contributed by atoms with Crippen LogP contribution in [0.2, 0.25) is 0 Å². The van der Waals surface area contributed by atoms with Gasteiger partial charge in [0.2, 0.25) is 11.6 Å². The molecule has 1 fully saturated rings. The minimum absolute atomic E-state index is 0.264. The van der Waals surface area contributed by atoms with Gasteiger partial charge >= 0.3 is 0 Å². The number of aromatic nitrogens is 2. The van der Waals surface area contributed by atoms with Crippen molar-refractivity contribution in [2.75, 3.05) is 31.1 Å². The number of nitrogens with zero attached hydrogens (tertiary/aromatic N) is 4. The quantitative estimate of drug-likeness (QED) is 0.868. The van der Waals surface area contributed by atoms with Crippen LogP contribution in [-0.4, -0.2) is 47.0 Å². The van der Waals surface area contributed by atoms with E-state index in [2.05, 4.69) is 28.7 Å². The fraction of sp³-hybridized carbons (Fsp3) is 0.588. The summed E-state index contributed by atoms with van der Waals surface area (Å²) in [7, 11) is 0. The Morgan fingerprint density at radius 3 is 2.96 bits per heavy atom. The van der Waals surface area contributed by atoms with Gasteiger partial charge in [-0.15, -0.1) is 0 Å². The Hall–Kier alpha value is -2.11. The molecule has 124 valence electrons. The van der Waals surface area contributed by atoms with Crippen LogP contribution in [0.3, 0.4) is 0 Å². The van der Waals surface area contributed by atoms with E-state index < -0.39 is 0 Å². The van der Waals surface area contributed by atoms with E-state index in [1.54, 1.807) is 6.20 Å². The molecular formula is C17H24N4O2. The molecule has 1 aliphatic heterocycles. The van der Waals surface area contributed by atoms with Crippen LogP contribution in [0.25, 0.3) is 11.2 Å². The summed E-state index contributed by atoms with van der Waals surface area (Å²) in [5.74, 6) is 0.828. The van der Waals surface area contributed by atoms with Gasteiger partial charge in [0.15, 0.2) is 5.58 Å². The number of hydrogen-bond donors (Lipinski definition) is 0. The molecule has 2 aromatic rings. The van der Waals surface area contributed by atoms with E-state index in [1.807, 2.05) is 17.0 Å². The largest absolute Gasteiger partial charge is 0.422 e. The van der Waals surface area contributed by atoms with Gasteiger partial charge in [0.25, 0.3) is 6.01 Å². The van der Waals surface area contributed by atoms with Crippen molar-refractivity contribution in [3.8, 4) is 0 Å². The molecule has 0 N–H and O–H groups in total. The molecule has 1 saturated heterocycles. The summed E-state index contributed by atoms with van der Waals surface area (Å²) in [6.07, 6.45) is 4.24. The topological polar surface area (TPSA) is 62.5 Å². The molecule has 0 unspecified atom stereocenters. The van der Waals surface area contributed by atoms with Crippen molar-refractivity contribution in [1.82, 2.24) is 14.9 Å². The SMILES string of the molecule is CC(C)CCC(=O)N1CCCN(c2nc3ncccc3o2)CC1. The van der Waals surface area contributed by atoms with E-state index in [1.165, 1.54) is 0 Å². The fourth-order valence-electron chi connectivity index (χ4n) is 2.82. The molecule has 0 bridgehead atoms. The molecule has 1 aliphatic rings. The number of fused-ring (bicyclic) bond motifs is 1. The van der Waals surface area contributed by atoms with Gasteiger partial charge in [0, 0.05) is 38.8 Å². The Bertz CT molecular complexity index is 634. The summed E-state index contributed by atoms with van der Waals surface area (Å²) in [6.45, 7) is 7.44. The van der Waals surface area contributed by atoms with Crippen molar-refractivity contribution in [2.45, 2.75) is 33.1 Å². The second-order valence-corrected chi connectivity index (χ2v) is 6.48. The number of anilines is 1. The first kappa shape index (κ1) is 15.8. The number of oxazole rings is 1. The fourth-order valence-corrected chi connectivity index (χ4v) is 2.82. The smallest absolute Gasteiger partial charge is 0.300 e. The lowest BCUT2D eigenvalue weighted by molar-refractivity contribution is -0.131. The van der Waals surface area contributed by atoms with Crippen LogP contribution in [0.15, 0.2) is 22.7 Å². The predicted molar refractivity (Wildman–Crippen MR) is 89.3 cm³/mol. The number of amides is 1. The van der Waals surface area contributed by atoms with Gasteiger partial charge in [-0.1, -0.05) is 13.8 Å². The van der Waals surface area contributed by atoms with Gasteiger partial charge in [0.1, 0.15) is 0 Å². The Kier molecular flexibility index (Phi) is 4.79. The molecule has 2 aromatic heterocycles. The van der Waals surface area contributed by atoms with Crippen LogP contribution in [0.5, 0.6) is 0 Å². The van der Waals surface area contributed by atoms with Crippen molar-refractivity contribution in [1.29, 1.82) is 0 Å². The lowest BCUT2D eigenvalue weighted by Gasteiger charge is -2.21. The number of hydrogen-bond acceptors (Lipinski definition) is 5. The monoisotopic (exact) mass is 316 g/mol. The van der Waals surface area contributed by atoms with E-state index in [0.717, 1.165) is 39.0 Å². The second kappa shape index (κ2) is 6.98. The van der Waals surface area contributed by atoms with E-state index in [4.69, 9.17) is 4.42 Å². The highest BCUT2D eigenvalue weighted by Crippen LogP contribution is 2.21. The summed E-state index contributed by atoms with van der Waals surface area (Å²) in [4.78, 5) is 25.0. The number of pyridine rings is 1. The van der Waals surface area contributed by atoms with E-state index in [-0.39, 0.29) is 5.91 Å². The van der Waals surface area contributed by atoms with Crippen LogP contribution in [0.4, 0.5) is 6.01 Å². The van der Waals surface area contributed by atoms with Crippen molar-refractivity contribution in [2.24, 2.45) is 5.92 Å². The van der Waals surface area contributed by atoms with E-state index >= 15 is 0 Å². The molecule has 6 heteroatoms. The minimum Gasteiger partial charge on any atom is -0.422 e. The highest BCUT2D eigenvalue weighted by molar-refractivity contribution is 5.76. The van der Waals surface area contributed by atoms with Crippen LogP contribution < -0.4 is 4.90 Å². The minimum atomic E-state index is 0.264. The van der Waals surface area contributed by atoms with Crippen molar-refractivity contribution in [3.05, 3.63) is 18.3 Å². The summed E-state index contributed by atoms with van der Waals surface area (Å²) in [5, 5.41) is 0. The molecule has 0 spiro atoms. The molecule has 3 heterocycles.